The molecule has 0 bridgehead atoms. The molecule has 1 aromatic carbocycles. The number of aryl methyl sites for hydroxylation is 2. The molecule has 0 fully saturated rings. The molecule has 2 heterocycles. The van der Waals surface area contributed by atoms with Crippen LogP contribution in [-0.4, -0.2) is 20.4 Å². The smallest absolute Gasteiger partial charge is 0.267 e. The molecule has 0 aliphatic heterocycles. The Labute approximate surface area is 132 Å². The van der Waals surface area contributed by atoms with Crippen molar-refractivity contribution >= 4 is 0 Å². The van der Waals surface area contributed by atoms with E-state index in [1.54, 1.807) is 0 Å². The lowest BCUT2D eigenvalue weighted by Gasteiger charge is -2.23. The molecule has 3 aromatic rings. The van der Waals surface area contributed by atoms with Gasteiger partial charge >= 0.3 is 0 Å². The Kier molecular flexibility index (Phi) is 3.82. The highest BCUT2D eigenvalue weighted by atomic mass is 16.1. The van der Waals surface area contributed by atoms with Crippen molar-refractivity contribution in [2.75, 3.05) is 0 Å². The van der Waals surface area contributed by atoms with E-state index in [1.165, 1.54) is 0 Å². The second kappa shape index (κ2) is 5.79. The molecule has 0 spiro atoms. The fraction of sp³-hybridized carbons (Fsp3) is 0.294. The van der Waals surface area contributed by atoms with E-state index in [1.807, 2.05) is 51.1 Å². The highest BCUT2D eigenvalue weighted by Gasteiger charge is 2.31. The number of rotatable bonds is 4. The third-order valence-electron chi connectivity index (χ3n) is 4.47. The predicted octanol–water partition coefficient (Wildman–Crippen LogP) is 2.27. The van der Waals surface area contributed by atoms with Gasteiger partial charge in [-0.05, 0) is 25.3 Å². The SMILES string of the molecule is Cc1[nH][nH]c(=O)c1C(c1c(C)[nH][nH]c1=O)C(C)c1ccccc1. The van der Waals surface area contributed by atoms with Crippen molar-refractivity contribution in [3.05, 3.63) is 79.1 Å². The van der Waals surface area contributed by atoms with E-state index >= 15 is 0 Å². The quantitative estimate of drug-likeness (QED) is 0.594. The van der Waals surface area contributed by atoms with Crippen LogP contribution in [0.25, 0.3) is 0 Å². The van der Waals surface area contributed by atoms with Gasteiger partial charge in [0, 0.05) is 28.4 Å². The van der Waals surface area contributed by atoms with Gasteiger partial charge < -0.3 is 10.2 Å². The minimum Gasteiger partial charge on any atom is -0.302 e. The highest BCUT2D eigenvalue weighted by Crippen LogP contribution is 2.37. The van der Waals surface area contributed by atoms with Gasteiger partial charge in [0.25, 0.3) is 11.1 Å². The zero-order valence-electron chi connectivity index (χ0n) is 13.4. The third kappa shape index (κ3) is 2.56. The van der Waals surface area contributed by atoms with Crippen LogP contribution in [-0.2, 0) is 0 Å². The summed E-state index contributed by atoms with van der Waals surface area (Å²) in [5, 5.41) is 11.0. The van der Waals surface area contributed by atoms with E-state index in [-0.39, 0.29) is 23.0 Å². The number of nitrogens with one attached hydrogen (secondary N) is 4. The van der Waals surface area contributed by atoms with Gasteiger partial charge in [0.1, 0.15) is 0 Å². The van der Waals surface area contributed by atoms with Crippen molar-refractivity contribution in [1.82, 2.24) is 20.4 Å². The van der Waals surface area contributed by atoms with Crippen LogP contribution in [0.2, 0.25) is 0 Å². The summed E-state index contributed by atoms with van der Waals surface area (Å²) in [6.45, 7) is 5.72. The Balaban J connectivity index is 2.23. The summed E-state index contributed by atoms with van der Waals surface area (Å²) in [5.41, 5.74) is 3.43. The summed E-state index contributed by atoms with van der Waals surface area (Å²) in [4.78, 5) is 24.7. The molecule has 1 atom stereocenters. The number of H-pyrrole nitrogens is 4. The summed E-state index contributed by atoms with van der Waals surface area (Å²) in [6.07, 6.45) is 0. The first-order valence-electron chi connectivity index (χ1n) is 7.60. The molecule has 0 saturated heterocycles. The largest absolute Gasteiger partial charge is 0.302 e. The zero-order valence-corrected chi connectivity index (χ0v) is 13.4. The van der Waals surface area contributed by atoms with Crippen molar-refractivity contribution in [1.29, 1.82) is 0 Å². The number of hydrogen-bond donors (Lipinski definition) is 4. The molecular formula is C17H20N4O2. The maximum Gasteiger partial charge on any atom is 0.267 e. The number of benzene rings is 1. The molecular weight excluding hydrogens is 292 g/mol. The minimum atomic E-state index is -0.331. The van der Waals surface area contributed by atoms with Gasteiger partial charge in [-0.15, -0.1) is 0 Å². The lowest BCUT2D eigenvalue weighted by molar-refractivity contribution is 0.644. The van der Waals surface area contributed by atoms with Crippen molar-refractivity contribution in [3.8, 4) is 0 Å². The molecule has 2 aromatic heterocycles. The Morgan fingerprint density at radius 3 is 1.65 bits per heavy atom. The Hall–Kier alpha value is -2.76. The number of hydrogen-bond acceptors (Lipinski definition) is 2. The standard InChI is InChI=1S/C17H20N4O2/c1-9(12-7-5-4-6-8-12)13(14-10(2)18-20-16(14)22)15-11(3)19-21-17(15)23/h4-9,13H,1-3H3,(H2,18,20,22)(H2,19,21,23). The summed E-state index contributed by atoms with van der Waals surface area (Å²) in [5.74, 6) is -0.357. The Morgan fingerprint density at radius 1 is 0.783 bits per heavy atom. The van der Waals surface area contributed by atoms with Gasteiger partial charge in [-0.1, -0.05) is 37.3 Å². The van der Waals surface area contributed by atoms with Crippen LogP contribution < -0.4 is 11.1 Å². The van der Waals surface area contributed by atoms with E-state index < -0.39 is 0 Å². The van der Waals surface area contributed by atoms with Crippen molar-refractivity contribution in [2.24, 2.45) is 0 Å². The van der Waals surface area contributed by atoms with Crippen LogP contribution in [0.5, 0.6) is 0 Å². The van der Waals surface area contributed by atoms with E-state index in [4.69, 9.17) is 0 Å². The molecule has 1 unspecified atom stereocenters. The van der Waals surface area contributed by atoms with Gasteiger partial charge in [-0.2, -0.15) is 0 Å². The van der Waals surface area contributed by atoms with E-state index in [0.29, 0.717) is 11.1 Å². The van der Waals surface area contributed by atoms with Gasteiger partial charge in [0.05, 0.1) is 0 Å². The van der Waals surface area contributed by atoms with E-state index in [9.17, 15) is 9.59 Å². The highest BCUT2D eigenvalue weighted by molar-refractivity contribution is 5.39. The fourth-order valence-corrected chi connectivity index (χ4v) is 3.25. The molecule has 0 aliphatic rings. The molecule has 0 saturated carbocycles. The average Bonchev–Trinajstić information content (AvgIpc) is 3.05. The van der Waals surface area contributed by atoms with E-state index in [2.05, 4.69) is 20.4 Å². The first-order valence-corrected chi connectivity index (χ1v) is 7.60. The van der Waals surface area contributed by atoms with Gasteiger partial charge in [0.15, 0.2) is 0 Å². The monoisotopic (exact) mass is 312 g/mol. The predicted molar refractivity (Wildman–Crippen MR) is 89.0 cm³/mol. The van der Waals surface area contributed by atoms with Crippen LogP contribution in [0.15, 0.2) is 39.9 Å². The molecule has 0 amide bonds. The number of aromatic nitrogens is 4. The second-order valence-corrected chi connectivity index (χ2v) is 5.91. The molecule has 120 valence electrons. The van der Waals surface area contributed by atoms with Gasteiger partial charge in [-0.3, -0.25) is 19.8 Å². The first kappa shape index (κ1) is 15.1. The average molecular weight is 312 g/mol. The Morgan fingerprint density at radius 2 is 1.26 bits per heavy atom. The second-order valence-electron chi connectivity index (χ2n) is 5.91. The normalized spacial score (nSPS) is 12.7. The first-order chi connectivity index (χ1) is 11.0. The van der Waals surface area contributed by atoms with Crippen molar-refractivity contribution in [3.63, 3.8) is 0 Å². The molecule has 6 heteroatoms. The molecule has 6 nitrogen and oxygen atoms in total. The fourth-order valence-electron chi connectivity index (χ4n) is 3.25. The third-order valence-corrected chi connectivity index (χ3v) is 4.47. The molecule has 3 rings (SSSR count). The van der Waals surface area contributed by atoms with Crippen LogP contribution in [0, 0.1) is 13.8 Å². The topological polar surface area (TPSA) is 97.3 Å². The summed E-state index contributed by atoms with van der Waals surface area (Å²) in [6, 6.07) is 9.92. The van der Waals surface area contributed by atoms with Gasteiger partial charge in [0.2, 0.25) is 0 Å². The molecule has 23 heavy (non-hydrogen) atoms. The minimum absolute atomic E-state index is 0.0256. The van der Waals surface area contributed by atoms with Gasteiger partial charge in [-0.25, -0.2) is 0 Å². The summed E-state index contributed by atoms with van der Waals surface area (Å²) >= 11 is 0. The summed E-state index contributed by atoms with van der Waals surface area (Å²) < 4.78 is 0. The lowest BCUT2D eigenvalue weighted by atomic mass is 9.78. The van der Waals surface area contributed by atoms with Crippen LogP contribution in [0.1, 0.15) is 46.8 Å². The van der Waals surface area contributed by atoms with Crippen molar-refractivity contribution < 1.29 is 0 Å². The maximum absolute atomic E-state index is 12.3. The molecule has 0 aliphatic carbocycles. The molecule has 4 N–H and O–H groups in total. The van der Waals surface area contributed by atoms with E-state index in [0.717, 1.165) is 17.0 Å². The van der Waals surface area contributed by atoms with Crippen LogP contribution in [0.3, 0.4) is 0 Å². The summed E-state index contributed by atoms with van der Waals surface area (Å²) in [7, 11) is 0. The van der Waals surface area contributed by atoms with Crippen molar-refractivity contribution in [2.45, 2.75) is 32.6 Å². The zero-order chi connectivity index (χ0) is 16.6. The van der Waals surface area contributed by atoms with Crippen LogP contribution >= 0.6 is 0 Å². The van der Waals surface area contributed by atoms with Crippen LogP contribution in [0.4, 0.5) is 0 Å². The molecule has 0 radical (unpaired) electrons. The Bertz CT molecular complexity index is 860. The number of aromatic amines is 4. The maximum atomic E-state index is 12.3. The lowest BCUT2D eigenvalue weighted by Crippen LogP contribution is -2.23.